The largest absolute Gasteiger partial charge is 0.420 e. The van der Waals surface area contributed by atoms with E-state index in [4.69, 9.17) is 20.9 Å². The van der Waals surface area contributed by atoms with Crippen molar-refractivity contribution in [1.82, 2.24) is 0 Å². The maximum absolute atomic E-state index is 11.0. The van der Waals surface area contributed by atoms with Crippen LogP contribution < -0.4 is 13.7 Å². The number of hydrogen-bond acceptors (Lipinski definition) is 5. The number of rotatable bonds is 4. The number of non-ortho nitro benzene ring substituents is 1. The average Bonchev–Trinajstić information content (AvgIpc) is 2.79. The molecule has 0 aliphatic carbocycles. The molecule has 1 atom stereocenters. The molecule has 1 heterocycles. The standard InChI is InChI=1S/C23H16BrN2O4PS/c24-17-6-8-18(9-7-17)25-15-22-21-4-2-1-3-16(21)5-14-23(22)30-31(25,32)29-20-12-10-19(11-13-20)26(27)28/h1-14H,15H2. The molecule has 160 valence electrons. The number of benzene rings is 4. The summed E-state index contributed by atoms with van der Waals surface area (Å²) >= 11 is 9.48. The number of nitro benzene ring substituents is 1. The molecule has 0 bridgehead atoms. The topological polar surface area (TPSA) is 64.8 Å². The van der Waals surface area contributed by atoms with Crippen LogP contribution in [0.25, 0.3) is 10.8 Å². The van der Waals surface area contributed by atoms with Crippen LogP contribution in [0.2, 0.25) is 0 Å². The second-order valence-corrected chi connectivity index (χ2v) is 11.3. The van der Waals surface area contributed by atoms with Gasteiger partial charge in [-0.05, 0) is 53.2 Å². The van der Waals surface area contributed by atoms with E-state index >= 15 is 0 Å². The Kier molecular flexibility index (Phi) is 5.37. The van der Waals surface area contributed by atoms with Crippen molar-refractivity contribution in [2.24, 2.45) is 0 Å². The van der Waals surface area contributed by atoms with E-state index in [1.54, 1.807) is 12.1 Å². The minimum atomic E-state index is -3.05. The normalized spacial score (nSPS) is 17.5. The molecule has 5 rings (SSSR count). The van der Waals surface area contributed by atoms with E-state index in [0.717, 1.165) is 26.5 Å². The Morgan fingerprint density at radius 1 is 1.00 bits per heavy atom. The molecule has 0 spiro atoms. The lowest BCUT2D eigenvalue weighted by atomic mass is 10.0. The van der Waals surface area contributed by atoms with Gasteiger partial charge in [-0.1, -0.05) is 46.3 Å². The SMILES string of the molecule is O=[N+]([O-])c1ccc(OP2(=S)Oc3ccc4ccccc4c3CN2c2ccc(Br)cc2)cc1. The Morgan fingerprint density at radius 3 is 2.44 bits per heavy atom. The van der Waals surface area contributed by atoms with Gasteiger partial charge in [0.1, 0.15) is 11.5 Å². The van der Waals surface area contributed by atoms with E-state index in [2.05, 4.69) is 28.1 Å². The van der Waals surface area contributed by atoms with Crippen molar-refractivity contribution < 1.29 is 14.0 Å². The first-order chi connectivity index (χ1) is 15.4. The lowest BCUT2D eigenvalue weighted by Crippen LogP contribution is -2.29. The molecule has 0 aromatic heterocycles. The summed E-state index contributed by atoms with van der Waals surface area (Å²) in [6.45, 7) is -2.53. The summed E-state index contributed by atoms with van der Waals surface area (Å²) in [7, 11) is 0. The molecule has 1 aliphatic heterocycles. The quantitative estimate of drug-likeness (QED) is 0.159. The number of halogens is 1. The van der Waals surface area contributed by atoms with Gasteiger partial charge in [-0.25, -0.2) is 0 Å². The third kappa shape index (κ3) is 3.86. The summed E-state index contributed by atoms with van der Waals surface area (Å²) in [5, 5.41) is 13.2. The van der Waals surface area contributed by atoms with Gasteiger partial charge in [0.25, 0.3) is 5.69 Å². The highest BCUT2D eigenvalue weighted by Gasteiger charge is 2.38. The van der Waals surface area contributed by atoms with Crippen molar-refractivity contribution in [3.05, 3.63) is 105 Å². The fourth-order valence-corrected chi connectivity index (χ4v) is 6.64. The van der Waals surface area contributed by atoms with E-state index in [-0.39, 0.29) is 5.69 Å². The highest BCUT2D eigenvalue weighted by Crippen LogP contribution is 2.59. The van der Waals surface area contributed by atoms with Crippen molar-refractivity contribution in [3.63, 3.8) is 0 Å². The van der Waals surface area contributed by atoms with Crippen LogP contribution in [0.5, 0.6) is 11.5 Å². The van der Waals surface area contributed by atoms with Crippen LogP contribution in [0.4, 0.5) is 11.4 Å². The summed E-state index contributed by atoms with van der Waals surface area (Å²) in [6.07, 6.45) is 0. The molecule has 0 N–H and O–H groups in total. The summed E-state index contributed by atoms with van der Waals surface area (Å²) in [6, 6.07) is 25.8. The van der Waals surface area contributed by atoms with E-state index < -0.39 is 11.6 Å². The second-order valence-electron chi connectivity index (χ2n) is 7.20. The van der Waals surface area contributed by atoms with Crippen molar-refractivity contribution in [1.29, 1.82) is 0 Å². The molecule has 6 nitrogen and oxygen atoms in total. The van der Waals surface area contributed by atoms with Crippen LogP contribution in [0, 0.1) is 10.1 Å². The van der Waals surface area contributed by atoms with Gasteiger partial charge in [-0.15, -0.1) is 0 Å². The summed E-state index contributed by atoms with van der Waals surface area (Å²) in [4.78, 5) is 10.5. The minimum Gasteiger partial charge on any atom is -0.420 e. The molecule has 0 fully saturated rings. The molecule has 9 heteroatoms. The van der Waals surface area contributed by atoms with E-state index in [0.29, 0.717) is 18.0 Å². The molecule has 0 radical (unpaired) electrons. The zero-order valence-corrected chi connectivity index (χ0v) is 19.8. The van der Waals surface area contributed by atoms with Crippen LogP contribution in [-0.2, 0) is 18.4 Å². The second kappa shape index (κ2) is 8.20. The Balaban J connectivity index is 1.60. The third-order valence-corrected chi connectivity index (χ3v) is 8.61. The highest BCUT2D eigenvalue weighted by molar-refractivity contribution is 9.10. The van der Waals surface area contributed by atoms with Crippen molar-refractivity contribution in [2.45, 2.75) is 6.54 Å². The predicted octanol–water partition coefficient (Wildman–Crippen LogP) is 7.21. The Bertz CT molecular complexity index is 1380. The summed E-state index contributed by atoms with van der Waals surface area (Å²) in [5.74, 6) is 1.12. The average molecular weight is 527 g/mol. The molecular weight excluding hydrogens is 511 g/mol. The van der Waals surface area contributed by atoms with Gasteiger partial charge in [0, 0.05) is 39.7 Å². The molecule has 4 aromatic rings. The van der Waals surface area contributed by atoms with Gasteiger partial charge < -0.3 is 9.05 Å². The van der Waals surface area contributed by atoms with E-state index in [1.165, 1.54) is 12.1 Å². The Morgan fingerprint density at radius 2 is 1.72 bits per heavy atom. The first-order valence-corrected chi connectivity index (χ1v) is 13.1. The first-order valence-electron chi connectivity index (χ1n) is 9.71. The minimum absolute atomic E-state index is 0.0137. The number of fused-ring (bicyclic) bond motifs is 3. The third-order valence-electron chi connectivity index (χ3n) is 5.21. The molecule has 1 aliphatic rings. The van der Waals surface area contributed by atoms with Crippen molar-refractivity contribution in [3.8, 4) is 11.5 Å². The van der Waals surface area contributed by atoms with E-state index in [9.17, 15) is 10.1 Å². The van der Waals surface area contributed by atoms with Crippen molar-refractivity contribution >= 4 is 56.5 Å². The Labute approximate surface area is 197 Å². The van der Waals surface area contributed by atoms with Crippen LogP contribution in [0.3, 0.4) is 0 Å². The smallest absolute Gasteiger partial charge is 0.395 e. The number of anilines is 1. The number of hydrogen-bond donors (Lipinski definition) is 0. The van der Waals surface area contributed by atoms with Gasteiger partial charge in [0.15, 0.2) is 0 Å². The molecular formula is C23H16BrN2O4PS. The molecule has 4 aromatic carbocycles. The molecule has 0 saturated carbocycles. The van der Waals surface area contributed by atoms with Crippen LogP contribution in [0.15, 0.2) is 89.4 Å². The summed E-state index contributed by atoms with van der Waals surface area (Å²) < 4.78 is 15.6. The predicted molar refractivity (Wildman–Crippen MR) is 133 cm³/mol. The lowest BCUT2D eigenvalue weighted by Gasteiger charge is -2.39. The molecule has 0 amide bonds. The van der Waals surface area contributed by atoms with Gasteiger partial charge in [0.2, 0.25) is 0 Å². The first kappa shape index (κ1) is 20.9. The maximum atomic E-state index is 11.0. The van der Waals surface area contributed by atoms with Gasteiger partial charge in [-0.2, -0.15) is 0 Å². The lowest BCUT2D eigenvalue weighted by molar-refractivity contribution is -0.384. The van der Waals surface area contributed by atoms with Gasteiger partial charge in [0.05, 0.1) is 11.5 Å². The maximum Gasteiger partial charge on any atom is 0.395 e. The Hall–Kier alpha value is -2.93. The number of nitro groups is 1. The highest BCUT2D eigenvalue weighted by atomic mass is 79.9. The molecule has 32 heavy (non-hydrogen) atoms. The fourth-order valence-electron chi connectivity index (χ4n) is 3.65. The van der Waals surface area contributed by atoms with Crippen LogP contribution >= 0.6 is 22.6 Å². The fraction of sp³-hybridized carbons (Fsp3) is 0.0435. The summed E-state index contributed by atoms with van der Waals surface area (Å²) in [5.41, 5.74) is 1.90. The van der Waals surface area contributed by atoms with Crippen LogP contribution in [0.1, 0.15) is 5.56 Å². The monoisotopic (exact) mass is 526 g/mol. The van der Waals surface area contributed by atoms with E-state index in [1.807, 2.05) is 53.2 Å². The van der Waals surface area contributed by atoms with Crippen molar-refractivity contribution in [2.75, 3.05) is 4.67 Å². The van der Waals surface area contributed by atoms with Crippen LogP contribution in [-0.4, -0.2) is 4.92 Å². The van der Waals surface area contributed by atoms with Gasteiger partial charge >= 0.3 is 6.64 Å². The van der Waals surface area contributed by atoms with Gasteiger partial charge in [-0.3, -0.25) is 14.8 Å². The zero-order valence-electron chi connectivity index (χ0n) is 16.6. The zero-order chi connectivity index (χ0) is 22.3. The number of nitrogens with zero attached hydrogens (tertiary/aromatic N) is 2. The molecule has 0 saturated heterocycles. The molecule has 1 unspecified atom stereocenters.